The fourth-order valence-corrected chi connectivity index (χ4v) is 0.945. The molecule has 7 nitrogen and oxygen atoms in total. The lowest BCUT2D eigenvalue weighted by atomic mass is 10.3. The molecule has 1 rings (SSSR count). The predicted octanol–water partition coefficient (Wildman–Crippen LogP) is 0.337. The van der Waals surface area contributed by atoms with Crippen molar-refractivity contribution in [2.75, 3.05) is 0 Å². The molecule has 0 radical (unpaired) electrons. The normalized spacial score (nSPS) is 10.6. The minimum Gasteiger partial charge on any atom is -0.386 e. The summed E-state index contributed by atoms with van der Waals surface area (Å²) in [5.41, 5.74) is 5.00. The van der Waals surface area contributed by atoms with E-state index in [1.54, 1.807) is 6.07 Å². The average Bonchev–Trinajstić information content (AvgIpc) is 2.36. The van der Waals surface area contributed by atoms with E-state index < -0.39 is 18.0 Å². The minimum absolute atomic E-state index is 0.0334. The molecule has 0 atom stereocenters. The van der Waals surface area contributed by atoms with E-state index in [1.807, 2.05) is 0 Å². The molecule has 0 bridgehead atoms. The second-order valence-electron chi connectivity index (χ2n) is 3.25. The summed E-state index contributed by atoms with van der Waals surface area (Å²) in [6.07, 6.45) is 3.82. The molecule has 0 aliphatic heterocycles. The number of amides is 2. The highest BCUT2D eigenvalue weighted by atomic mass is 16.6. The van der Waals surface area contributed by atoms with Gasteiger partial charge in [-0.15, -0.1) is 0 Å². The standard InChI is InChI=1S/C11H11N3O4/c1-7(5-14-11(12)17)9(15)18-10(16)8-3-2-4-13-6-8/h2-6H,1H3,(H3,12,14,17). The van der Waals surface area contributed by atoms with Gasteiger partial charge in [-0.2, -0.15) is 0 Å². The van der Waals surface area contributed by atoms with Gasteiger partial charge in [0.25, 0.3) is 0 Å². The number of carbonyl (C=O) groups is 3. The summed E-state index contributed by atoms with van der Waals surface area (Å²) in [5.74, 6) is -1.70. The van der Waals surface area contributed by atoms with Crippen LogP contribution in [-0.4, -0.2) is 23.0 Å². The van der Waals surface area contributed by atoms with Gasteiger partial charge in [0.2, 0.25) is 0 Å². The first-order valence-corrected chi connectivity index (χ1v) is 4.90. The van der Waals surface area contributed by atoms with Crippen molar-refractivity contribution in [2.24, 2.45) is 5.73 Å². The van der Waals surface area contributed by atoms with E-state index in [4.69, 9.17) is 5.73 Å². The molecule has 0 saturated carbocycles. The number of hydrogen-bond donors (Lipinski definition) is 2. The molecule has 94 valence electrons. The highest BCUT2D eigenvalue weighted by Crippen LogP contribution is 2.02. The molecule has 1 heterocycles. The van der Waals surface area contributed by atoms with Crippen LogP contribution in [0.3, 0.4) is 0 Å². The third-order valence-electron chi connectivity index (χ3n) is 1.84. The summed E-state index contributed by atoms with van der Waals surface area (Å²) in [5, 5.41) is 2.09. The van der Waals surface area contributed by atoms with Crippen molar-refractivity contribution in [1.29, 1.82) is 0 Å². The maximum absolute atomic E-state index is 11.5. The second kappa shape index (κ2) is 6.14. The van der Waals surface area contributed by atoms with Crippen LogP contribution in [0.15, 0.2) is 36.3 Å². The Balaban J connectivity index is 2.63. The van der Waals surface area contributed by atoms with E-state index in [0.717, 1.165) is 6.20 Å². The SMILES string of the molecule is CC(=CNC(N)=O)C(=O)OC(=O)c1cccnc1. The molecule has 7 heteroatoms. The van der Waals surface area contributed by atoms with Gasteiger partial charge in [-0.25, -0.2) is 14.4 Å². The summed E-state index contributed by atoms with van der Waals surface area (Å²) in [7, 11) is 0. The van der Waals surface area contributed by atoms with Crippen LogP contribution in [0.5, 0.6) is 0 Å². The summed E-state index contributed by atoms with van der Waals surface area (Å²) in [6.45, 7) is 1.37. The lowest BCUT2D eigenvalue weighted by molar-refractivity contribution is -0.133. The van der Waals surface area contributed by atoms with Gasteiger partial charge in [-0.1, -0.05) is 0 Å². The van der Waals surface area contributed by atoms with E-state index in [9.17, 15) is 14.4 Å². The number of carbonyl (C=O) groups excluding carboxylic acids is 3. The third kappa shape index (κ3) is 4.05. The lowest BCUT2D eigenvalue weighted by Crippen LogP contribution is -2.25. The van der Waals surface area contributed by atoms with Gasteiger partial charge in [-0.05, 0) is 19.1 Å². The first-order chi connectivity index (χ1) is 8.50. The number of esters is 2. The number of nitrogens with one attached hydrogen (secondary N) is 1. The number of primary amides is 1. The Kier molecular flexibility index (Phi) is 4.56. The third-order valence-corrected chi connectivity index (χ3v) is 1.84. The van der Waals surface area contributed by atoms with Crippen LogP contribution in [0.4, 0.5) is 4.79 Å². The van der Waals surface area contributed by atoms with Gasteiger partial charge >= 0.3 is 18.0 Å². The number of urea groups is 1. The van der Waals surface area contributed by atoms with Crippen LogP contribution in [0, 0.1) is 0 Å². The fraction of sp³-hybridized carbons (Fsp3) is 0.0909. The molecule has 0 aliphatic carbocycles. The van der Waals surface area contributed by atoms with Crippen molar-refractivity contribution in [3.63, 3.8) is 0 Å². The van der Waals surface area contributed by atoms with Crippen molar-refractivity contribution in [1.82, 2.24) is 10.3 Å². The Morgan fingerprint density at radius 2 is 2.17 bits per heavy atom. The zero-order valence-electron chi connectivity index (χ0n) is 9.54. The summed E-state index contributed by atoms with van der Waals surface area (Å²) in [6, 6.07) is 2.18. The highest BCUT2D eigenvalue weighted by molar-refractivity contribution is 6.01. The van der Waals surface area contributed by atoms with Gasteiger partial charge < -0.3 is 15.8 Å². The maximum Gasteiger partial charge on any atom is 0.347 e. The van der Waals surface area contributed by atoms with E-state index >= 15 is 0 Å². The van der Waals surface area contributed by atoms with Crippen molar-refractivity contribution in [3.8, 4) is 0 Å². The molecule has 0 spiro atoms. The molecule has 1 aromatic rings. The van der Waals surface area contributed by atoms with Crippen molar-refractivity contribution >= 4 is 18.0 Å². The van der Waals surface area contributed by atoms with Gasteiger partial charge in [0.15, 0.2) is 0 Å². The quantitative estimate of drug-likeness (QED) is 0.455. The molecule has 0 unspecified atom stereocenters. The van der Waals surface area contributed by atoms with E-state index in [0.29, 0.717) is 0 Å². The molecule has 18 heavy (non-hydrogen) atoms. The number of nitrogens with zero attached hydrogens (tertiary/aromatic N) is 1. The monoisotopic (exact) mass is 249 g/mol. The van der Waals surface area contributed by atoms with Gasteiger partial charge in [-0.3, -0.25) is 4.98 Å². The predicted molar refractivity (Wildman–Crippen MR) is 61.1 cm³/mol. The van der Waals surface area contributed by atoms with Crippen LogP contribution in [-0.2, 0) is 9.53 Å². The van der Waals surface area contributed by atoms with Crippen molar-refractivity contribution in [3.05, 3.63) is 41.9 Å². The lowest BCUT2D eigenvalue weighted by Gasteiger charge is -2.02. The minimum atomic E-state index is -0.877. The molecule has 1 aromatic heterocycles. The molecule has 0 fully saturated rings. The maximum atomic E-state index is 11.5. The van der Waals surface area contributed by atoms with E-state index in [-0.39, 0.29) is 11.1 Å². The van der Waals surface area contributed by atoms with Gasteiger partial charge in [0.1, 0.15) is 0 Å². The molecule has 3 N–H and O–H groups in total. The van der Waals surface area contributed by atoms with Crippen LogP contribution < -0.4 is 11.1 Å². The molecule has 0 aliphatic rings. The van der Waals surface area contributed by atoms with Crippen LogP contribution >= 0.6 is 0 Å². The van der Waals surface area contributed by atoms with Crippen LogP contribution in [0.25, 0.3) is 0 Å². The fourth-order valence-electron chi connectivity index (χ4n) is 0.945. The Labute approximate surface area is 103 Å². The molecule has 2 amide bonds. The Hall–Kier alpha value is -2.70. The Bertz CT molecular complexity index is 496. The zero-order valence-corrected chi connectivity index (χ0v) is 9.54. The van der Waals surface area contributed by atoms with Gasteiger partial charge in [0, 0.05) is 18.6 Å². The smallest absolute Gasteiger partial charge is 0.347 e. The molecule has 0 aromatic carbocycles. The number of ether oxygens (including phenoxy) is 1. The highest BCUT2D eigenvalue weighted by Gasteiger charge is 2.14. The summed E-state index contributed by atoms with van der Waals surface area (Å²) < 4.78 is 4.55. The Morgan fingerprint density at radius 1 is 1.44 bits per heavy atom. The number of hydrogen-bond acceptors (Lipinski definition) is 5. The number of rotatable bonds is 3. The van der Waals surface area contributed by atoms with Crippen LogP contribution in [0.2, 0.25) is 0 Å². The van der Waals surface area contributed by atoms with Crippen molar-refractivity contribution < 1.29 is 19.1 Å². The van der Waals surface area contributed by atoms with Crippen LogP contribution in [0.1, 0.15) is 17.3 Å². The summed E-state index contributed by atoms with van der Waals surface area (Å²) >= 11 is 0. The molecular weight excluding hydrogens is 238 g/mol. The van der Waals surface area contributed by atoms with Crippen molar-refractivity contribution in [2.45, 2.75) is 6.92 Å². The van der Waals surface area contributed by atoms with E-state index in [1.165, 1.54) is 25.4 Å². The van der Waals surface area contributed by atoms with Gasteiger partial charge in [0.05, 0.1) is 11.1 Å². The molecule has 0 saturated heterocycles. The van der Waals surface area contributed by atoms with E-state index in [2.05, 4.69) is 15.0 Å². The topological polar surface area (TPSA) is 111 Å². The Morgan fingerprint density at radius 3 is 2.72 bits per heavy atom. The largest absolute Gasteiger partial charge is 0.386 e. The summed E-state index contributed by atoms with van der Waals surface area (Å²) in [4.78, 5) is 37.0. The molecular formula is C11H11N3O4. The first kappa shape index (κ1) is 13.4. The first-order valence-electron chi connectivity index (χ1n) is 4.90. The number of aromatic nitrogens is 1. The second-order valence-corrected chi connectivity index (χ2v) is 3.25. The average molecular weight is 249 g/mol. The zero-order chi connectivity index (χ0) is 13.5. The number of pyridine rings is 1. The number of nitrogens with two attached hydrogens (primary N) is 1.